The van der Waals surface area contributed by atoms with Gasteiger partial charge in [0.1, 0.15) is 11.6 Å². The molecule has 0 saturated heterocycles. The molecular formula is C12H10F2N2O2S. The van der Waals surface area contributed by atoms with Crippen molar-refractivity contribution in [3.05, 3.63) is 46.5 Å². The van der Waals surface area contributed by atoms with Gasteiger partial charge in [-0.2, -0.15) is 0 Å². The molecule has 1 heterocycles. The highest BCUT2D eigenvalue weighted by Crippen LogP contribution is 2.15. The Hall–Kier alpha value is -2.02. The van der Waals surface area contributed by atoms with Gasteiger partial charge in [0, 0.05) is 18.0 Å². The molecule has 19 heavy (non-hydrogen) atoms. The quantitative estimate of drug-likeness (QED) is 0.886. The molecule has 0 aliphatic carbocycles. The minimum atomic E-state index is -1.09. The average Bonchev–Trinajstić information content (AvgIpc) is 2.76. The molecule has 0 aliphatic rings. The number of benzene rings is 1. The van der Waals surface area contributed by atoms with E-state index < -0.39 is 17.6 Å². The van der Waals surface area contributed by atoms with Crippen molar-refractivity contribution in [2.24, 2.45) is 0 Å². The van der Waals surface area contributed by atoms with E-state index in [1.165, 1.54) is 28.8 Å². The lowest BCUT2D eigenvalue weighted by Crippen LogP contribution is -2.06. The normalized spacial score (nSPS) is 10.4. The Bertz CT molecular complexity index is 581. The zero-order chi connectivity index (χ0) is 13.8. The van der Waals surface area contributed by atoms with Crippen LogP contribution in [0.2, 0.25) is 0 Å². The van der Waals surface area contributed by atoms with Gasteiger partial charge in [-0.1, -0.05) is 0 Å². The summed E-state index contributed by atoms with van der Waals surface area (Å²) in [5.74, 6) is -2.31. The predicted molar refractivity (Wildman–Crippen MR) is 67.6 cm³/mol. The van der Waals surface area contributed by atoms with Crippen molar-refractivity contribution in [3.8, 4) is 0 Å². The smallest absolute Gasteiger partial charge is 0.355 e. The molecule has 2 rings (SSSR count). The number of aromatic carboxylic acids is 1. The summed E-state index contributed by atoms with van der Waals surface area (Å²) < 4.78 is 25.9. The molecule has 0 amide bonds. The van der Waals surface area contributed by atoms with Crippen LogP contribution in [0.15, 0.2) is 23.6 Å². The van der Waals surface area contributed by atoms with Gasteiger partial charge in [-0.25, -0.2) is 18.6 Å². The second-order valence-corrected chi connectivity index (χ2v) is 4.66. The fourth-order valence-electron chi connectivity index (χ4n) is 1.52. The van der Waals surface area contributed by atoms with E-state index in [0.717, 1.165) is 6.07 Å². The number of nitrogens with one attached hydrogen (secondary N) is 1. The highest BCUT2D eigenvalue weighted by Gasteiger charge is 2.08. The van der Waals surface area contributed by atoms with E-state index in [9.17, 15) is 13.6 Å². The first-order valence-electron chi connectivity index (χ1n) is 5.42. The minimum absolute atomic E-state index is 0.0238. The Morgan fingerprint density at radius 2 is 2.00 bits per heavy atom. The molecular weight excluding hydrogens is 274 g/mol. The summed E-state index contributed by atoms with van der Waals surface area (Å²) >= 11 is 1.17. The SMILES string of the molecule is O=C(O)c1csc(NCCc2cc(F)cc(F)c2)n1. The summed E-state index contributed by atoms with van der Waals surface area (Å²) in [7, 11) is 0. The van der Waals surface area contributed by atoms with Crippen molar-refractivity contribution in [2.75, 3.05) is 11.9 Å². The van der Waals surface area contributed by atoms with E-state index >= 15 is 0 Å². The molecule has 4 nitrogen and oxygen atoms in total. The molecule has 0 spiro atoms. The molecule has 0 fully saturated rings. The standard InChI is InChI=1S/C12H10F2N2O2S/c13-8-3-7(4-9(14)5-8)1-2-15-12-16-10(6-19-12)11(17)18/h3-6H,1-2H2,(H,15,16)(H,17,18). The monoisotopic (exact) mass is 284 g/mol. The number of carboxylic acids is 1. The van der Waals surface area contributed by atoms with E-state index in [4.69, 9.17) is 5.11 Å². The molecule has 1 aromatic carbocycles. The van der Waals surface area contributed by atoms with Crippen LogP contribution in [-0.4, -0.2) is 22.6 Å². The van der Waals surface area contributed by atoms with Gasteiger partial charge in [0.15, 0.2) is 10.8 Å². The van der Waals surface area contributed by atoms with Crippen molar-refractivity contribution in [1.82, 2.24) is 4.98 Å². The summed E-state index contributed by atoms with van der Waals surface area (Å²) in [5.41, 5.74) is 0.504. The largest absolute Gasteiger partial charge is 0.476 e. The molecule has 0 saturated carbocycles. The number of nitrogens with zero attached hydrogens (tertiary/aromatic N) is 1. The third-order valence-electron chi connectivity index (χ3n) is 2.34. The maximum absolute atomic E-state index is 12.9. The lowest BCUT2D eigenvalue weighted by molar-refractivity contribution is 0.0691. The molecule has 0 radical (unpaired) electrons. The van der Waals surface area contributed by atoms with Gasteiger partial charge < -0.3 is 10.4 Å². The lowest BCUT2D eigenvalue weighted by atomic mass is 10.1. The third-order valence-corrected chi connectivity index (χ3v) is 3.14. The third kappa shape index (κ3) is 3.72. The Morgan fingerprint density at radius 1 is 1.32 bits per heavy atom. The number of halogens is 2. The fraction of sp³-hybridized carbons (Fsp3) is 0.167. The number of aromatic nitrogens is 1. The van der Waals surface area contributed by atoms with Gasteiger partial charge in [-0.3, -0.25) is 0 Å². The van der Waals surface area contributed by atoms with Crippen LogP contribution in [-0.2, 0) is 6.42 Å². The Kier molecular flexibility index (Phi) is 4.06. The van der Waals surface area contributed by atoms with E-state index in [1.54, 1.807) is 0 Å². The summed E-state index contributed by atoms with van der Waals surface area (Å²) in [5, 5.41) is 13.5. The van der Waals surface area contributed by atoms with Crippen molar-refractivity contribution >= 4 is 22.4 Å². The second kappa shape index (κ2) is 5.75. The molecule has 100 valence electrons. The first kappa shape index (κ1) is 13.4. The number of anilines is 1. The van der Waals surface area contributed by atoms with Gasteiger partial charge in [-0.05, 0) is 24.1 Å². The molecule has 2 aromatic rings. The van der Waals surface area contributed by atoms with Crippen molar-refractivity contribution in [3.63, 3.8) is 0 Å². The summed E-state index contributed by atoms with van der Waals surface area (Å²) in [4.78, 5) is 14.5. The van der Waals surface area contributed by atoms with E-state index in [2.05, 4.69) is 10.3 Å². The van der Waals surface area contributed by atoms with Gasteiger partial charge in [0.25, 0.3) is 0 Å². The highest BCUT2D eigenvalue weighted by atomic mass is 32.1. The number of hydrogen-bond acceptors (Lipinski definition) is 4. The van der Waals surface area contributed by atoms with Crippen LogP contribution in [0.25, 0.3) is 0 Å². The van der Waals surface area contributed by atoms with Crippen LogP contribution in [0.3, 0.4) is 0 Å². The van der Waals surface area contributed by atoms with Gasteiger partial charge in [-0.15, -0.1) is 11.3 Å². The number of carbonyl (C=O) groups is 1. The second-order valence-electron chi connectivity index (χ2n) is 3.80. The molecule has 0 bridgehead atoms. The molecule has 7 heteroatoms. The number of carboxylic acid groups (broad SMARTS) is 1. The number of thiazole rings is 1. The van der Waals surface area contributed by atoms with Crippen molar-refractivity contribution < 1.29 is 18.7 Å². The fourth-order valence-corrected chi connectivity index (χ4v) is 2.24. The Balaban J connectivity index is 1.90. The van der Waals surface area contributed by atoms with Gasteiger partial charge in [0.05, 0.1) is 0 Å². The van der Waals surface area contributed by atoms with Crippen LogP contribution in [0, 0.1) is 11.6 Å². The summed E-state index contributed by atoms with van der Waals surface area (Å²) in [6.07, 6.45) is 0.413. The van der Waals surface area contributed by atoms with E-state index in [1.807, 2.05) is 0 Å². The molecule has 2 N–H and O–H groups in total. The maximum Gasteiger partial charge on any atom is 0.355 e. The summed E-state index contributed by atoms with van der Waals surface area (Å²) in [6, 6.07) is 3.33. The highest BCUT2D eigenvalue weighted by molar-refractivity contribution is 7.13. The number of hydrogen-bond donors (Lipinski definition) is 2. The van der Waals surface area contributed by atoms with Crippen molar-refractivity contribution in [2.45, 2.75) is 6.42 Å². The zero-order valence-corrected chi connectivity index (χ0v) is 10.5. The maximum atomic E-state index is 12.9. The topological polar surface area (TPSA) is 62.2 Å². The van der Waals surface area contributed by atoms with Crippen LogP contribution in [0.5, 0.6) is 0 Å². The molecule has 0 atom stereocenters. The van der Waals surface area contributed by atoms with E-state index in [-0.39, 0.29) is 5.69 Å². The van der Waals surface area contributed by atoms with E-state index in [0.29, 0.717) is 23.7 Å². The Labute approximate surface area is 111 Å². The predicted octanol–water partition coefficient (Wildman–Crippen LogP) is 2.77. The molecule has 0 unspecified atom stereocenters. The van der Waals surface area contributed by atoms with Crippen LogP contribution in [0.1, 0.15) is 16.1 Å². The summed E-state index contributed by atoms with van der Waals surface area (Å²) in [6.45, 7) is 0.412. The number of rotatable bonds is 5. The van der Waals surface area contributed by atoms with Gasteiger partial charge in [0.2, 0.25) is 0 Å². The van der Waals surface area contributed by atoms with Gasteiger partial charge >= 0.3 is 5.97 Å². The van der Waals surface area contributed by atoms with Crippen molar-refractivity contribution in [1.29, 1.82) is 0 Å². The lowest BCUT2D eigenvalue weighted by Gasteiger charge is -2.03. The van der Waals surface area contributed by atoms with Crippen LogP contribution >= 0.6 is 11.3 Å². The Morgan fingerprint density at radius 3 is 2.58 bits per heavy atom. The first-order chi connectivity index (χ1) is 9.04. The average molecular weight is 284 g/mol. The minimum Gasteiger partial charge on any atom is -0.476 e. The van der Waals surface area contributed by atoms with Crippen LogP contribution < -0.4 is 5.32 Å². The molecule has 0 aliphatic heterocycles. The zero-order valence-electron chi connectivity index (χ0n) is 9.69. The van der Waals surface area contributed by atoms with Crippen LogP contribution in [0.4, 0.5) is 13.9 Å². The first-order valence-corrected chi connectivity index (χ1v) is 6.30. The molecule has 1 aromatic heterocycles.